The Balaban J connectivity index is 1.41. The number of nitrogens with zero attached hydrogens (tertiary/aromatic N) is 2. The number of aliphatic hydroxyl groups is 1. The number of amides is 2. The summed E-state index contributed by atoms with van der Waals surface area (Å²) in [5, 5.41) is 19.1. The lowest BCUT2D eigenvalue weighted by Gasteiger charge is -2.36. The van der Waals surface area contributed by atoms with Gasteiger partial charge in [-0.25, -0.2) is 0 Å². The Morgan fingerprint density at radius 3 is 2.51 bits per heavy atom. The van der Waals surface area contributed by atoms with E-state index in [4.69, 9.17) is 0 Å². The van der Waals surface area contributed by atoms with Crippen molar-refractivity contribution in [2.75, 3.05) is 29.0 Å². The number of fused-ring (bicyclic) bond motifs is 2. The van der Waals surface area contributed by atoms with Gasteiger partial charge in [0, 0.05) is 36.6 Å². The molecule has 37 heavy (non-hydrogen) atoms. The molecule has 1 atom stereocenters. The molecule has 192 valence electrons. The minimum Gasteiger partial charge on any atom is -0.391 e. The number of nitrogens with one attached hydrogen (secondary N) is 3. The SMILES string of the molecule is CC(C)(C(=O)N1CCC[C@@H](O)C1)c1ccc2c(c1)NC(=O)c1ccc(Nc3cc(F)nc(F)c3)cc1N2. The van der Waals surface area contributed by atoms with Gasteiger partial charge in [-0.05, 0) is 62.6 Å². The highest BCUT2D eigenvalue weighted by Gasteiger charge is 2.36. The Labute approximate surface area is 212 Å². The molecule has 0 spiro atoms. The van der Waals surface area contributed by atoms with Gasteiger partial charge in [0.05, 0.1) is 34.1 Å². The number of hydrogen-bond donors (Lipinski definition) is 4. The van der Waals surface area contributed by atoms with Crippen molar-refractivity contribution in [3.8, 4) is 0 Å². The lowest BCUT2D eigenvalue weighted by atomic mass is 9.82. The van der Waals surface area contributed by atoms with Crippen molar-refractivity contribution in [1.82, 2.24) is 9.88 Å². The zero-order valence-corrected chi connectivity index (χ0v) is 20.4. The summed E-state index contributed by atoms with van der Waals surface area (Å²) in [5.74, 6) is -2.31. The number of benzene rings is 2. The molecule has 8 nitrogen and oxygen atoms in total. The zero-order chi connectivity index (χ0) is 26.3. The van der Waals surface area contributed by atoms with Gasteiger partial charge in [-0.2, -0.15) is 13.8 Å². The predicted molar refractivity (Wildman–Crippen MR) is 136 cm³/mol. The van der Waals surface area contributed by atoms with E-state index in [-0.39, 0.29) is 17.5 Å². The highest BCUT2D eigenvalue weighted by molar-refractivity contribution is 6.12. The van der Waals surface area contributed by atoms with E-state index in [1.165, 1.54) is 0 Å². The maximum absolute atomic E-state index is 13.5. The van der Waals surface area contributed by atoms with E-state index < -0.39 is 23.4 Å². The molecular weight excluding hydrogens is 480 g/mol. The Kier molecular flexibility index (Phi) is 6.28. The van der Waals surface area contributed by atoms with Crippen molar-refractivity contribution in [3.05, 3.63) is 71.6 Å². The summed E-state index contributed by atoms with van der Waals surface area (Å²) in [6, 6.07) is 12.5. The lowest BCUT2D eigenvalue weighted by molar-refractivity contribution is -0.139. The number of pyridine rings is 1. The topological polar surface area (TPSA) is 107 Å². The Morgan fingerprint density at radius 1 is 1.03 bits per heavy atom. The summed E-state index contributed by atoms with van der Waals surface area (Å²) in [6.45, 7) is 4.59. The van der Waals surface area contributed by atoms with Crippen LogP contribution in [-0.2, 0) is 10.2 Å². The minimum absolute atomic E-state index is 0.0814. The molecule has 0 radical (unpaired) electrons. The molecule has 1 fully saturated rings. The molecule has 2 amide bonds. The average molecular weight is 508 g/mol. The van der Waals surface area contributed by atoms with Crippen LogP contribution in [0.25, 0.3) is 0 Å². The molecule has 0 unspecified atom stereocenters. The molecule has 0 bridgehead atoms. The molecule has 1 aromatic heterocycles. The van der Waals surface area contributed by atoms with Crippen LogP contribution in [0.3, 0.4) is 0 Å². The van der Waals surface area contributed by atoms with Gasteiger partial charge in [-0.1, -0.05) is 6.07 Å². The fourth-order valence-electron chi connectivity index (χ4n) is 4.77. The fraction of sp³-hybridized carbons (Fsp3) is 0.296. The van der Waals surface area contributed by atoms with Crippen molar-refractivity contribution in [1.29, 1.82) is 0 Å². The maximum atomic E-state index is 13.5. The first kappa shape index (κ1) is 24.6. The molecule has 2 aromatic carbocycles. The standard InChI is InChI=1S/C27H27F2N5O3/c1-27(2,26(37)34-9-3-4-18(35)14-34)15-5-8-20-22(10-15)32-25(36)19-7-6-16(11-21(19)31-20)30-17-12-23(28)33-24(29)13-17/h5-8,10-13,18,31,35H,3-4,9,14H2,1-2H3,(H,30,33)(H,32,36)/t18-/m1/s1. The van der Waals surface area contributed by atoms with E-state index in [0.29, 0.717) is 47.8 Å². The van der Waals surface area contributed by atoms with Crippen molar-refractivity contribution in [2.45, 2.75) is 38.2 Å². The highest BCUT2D eigenvalue weighted by Crippen LogP contribution is 2.37. The number of piperidine rings is 1. The number of carbonyl (C=O) groups excluding carboxylic acids is 2. The predicted octanol–water partition coefficient (Wildman–Crippen LogP) is 4.67. The smallest absolute Gasteiger partial charge is 0.257 e. The normalized spacial score (nSPS) is 17.2. The number of anilines is 5. The first-order valence-electron chi connectivity index (χ1n) is 12.0. The third kappa shape index (κ3) is 4.97. The van der Waals surface area contributed by atoms with Crippen LogP contribution in [0.15, 0.2) is 48.5 Å². The first-order valence-corrected chi connectivity index (χ1v) is 12.0. The van der Waals surface area contributed by atoms with Crippen LogP contribution in [0.4, 0.5) is 37.2 Å². The number of hydrogen-bond acceptors (Lipinski definition) is 6. The van der Waals surface area contributed by atoms with Gasteiger partial charge in [0.2, 0.25) is 17.8 Å². The van der Waals surface area contributed by atoms with Gasteiger partial charge < -0.3 is 26.0 Å². The van der Waals surface area contributed by atoms with Crippen LogP contribution in [0.2, 0.25) is 0 Å². The second kappa shape index (κ2) is 9.44. The summed E-state index contributed by atoms with van der Waals surface area (Å²) in [6.07, 6.45) is 0.931. The largest absolute Gasteiger partial charge is 0.391 e. The molecule has 0 saturated carbocycles. The lowest BCUT2D eigenvalue weighted by Crippen LogP contribution is -2.49. The van der Waals surface area contributed by atoms with Crippen LogP contribution in [-0.4, -0.2) is 46.0 Å². The minimum atomic E-state index is -0.947. The van der Waals surface area contributed by atoms with Gasteiger partial charge in [0.1, 0.15) is 0 Å². The fourth-order valence-corrected chi connectivity index (χ4v) is 4.77. The van der Waals surface area contributed by atoms with Crippen molar-refractivity contribution < 1.29 is 23.5 Å². The molecule has 2 aliphatic rings. The van der Waals surface area contributed by atoms with Crippen molar-refractivity contribution in [3.63, 3.8) is 0 Å². The van der Waals surface area contributed by atoms with Crippen LogP contribution < -0.4 is 16.0 Å². The quantitative estimate of drug-likeness (QED) is 0.383. The molecule has 10 heteroatoms. The van der Waals surface area contributed by atoms with E-state index in [0.717, 1.165) is 24.1 Å². The van der Waals surface area contributed by atoms with E-state index in [9.17, 15) is 23.5 Å². The van der Waals surface area contributed by atoms with Crippen LogP contribution in [0.5, 0.6) is 0 Å². The number of halogens is 2. The van der Waals surface area contributed by atoms with E-state index in [2.05, 4.69) is 20.9 Å². The summed E-state index contributed by atoms with van der Waals surface area (Å²) >= 11 is 0. The molecule has 1 saturated heterocycles. The Morgan fingerprint density at radius 2 is 1.78 bits per heavy atom. The first-order chi connectivity index (χ1) is 17.6. The molecule has 0 aliphatic carbocycles. The average Bonchev–Trinajstić information content (AvgIpc) is 2.97. The molecule has 2 aliphatic heterocycles. The van der Waals surface area contributed by atoms with Crippen molar-refractivity contribution >= 4 is 40.3 Å². The Hall–Kier alpha value is -4.05. The number of β-amino-alcohol motifs (C(OH)–C–C–N with tert-alkyl or cyclic N) is 1. The number of rotatable bonds is 4. The zero-order valence-electron chi connectivity index (χ0n) is 20.4. The molecule has 3 heterocycles. The second-order valence-electron chi connectivity index (χ2n) is 9.90. The van der Waals surface area contributed by atoms with E-state index >= 15 is 0 Å². The van der Waals surface area contributed by atoms with Crippen LogP contribution in [0.1, 0.15) is 42.6 Å². The van der Waals surface area contributed by atoms with Gasteiger partial charge in [0.25, 0.3) is 5.91 Å². The summed E-state index contributed by atoms with van der Waals surface area (Å²) in [7, 11) is 0. The third-order valence-electron chi connectivity index (χ3n) is 6.79. The van der Waals surface area contributed by atoms with E-state index in [1.807, 2.05) is 19.9 Å². The van der Waals surface area contributed by atoms with Crippen LogP contribution in [0, 0.1) is 11.9 Å². The molecule has 5 rings (SSSR count). The molecule has 4 N–H and O–H groups in total. The molecular formula is C27H27F2N5O3. The second-order valence-corrected chi connectivity index (χ2v) is 9.90. The summed E-state index contributed by atoms with van der Waals surface area (Å²) in [4.78, 5) is 31.1. The monoisotopic (exact) mass is 507 g/mol. The number of carbonyl (C=O) groups is 2. The Bertz CT molecular complexity index is 1370. The van der Waals surface area contributed by atoms with Crippen molar-refractivity contribution in [2.24, 2.45) is 0 Å². The van der Waals surface area contributed by atoms with Gasteiger partial charge in [-0.3, -0.25) is 9.59 Å². The number of likely N-dealkylation sites (tertiary alicyclic amines) is 1. The van der Waals surface area contributed by atoms with E-state index in [1.54, 1.807) is 35.2 Å². The number of aliphatic hydroxyl groups excluding tert-OH is 1. The third-order valence-corrected chi connectivity index (χ3v) is 6.79. The van der Waals surface area contributed by atoms with Gasteiger partial charge >= 0.3 is 0 Å². The maximum Gasteiger partial charge on any atom is 0.257 e. The van der Waals surface area contributed by atoms with Gasteiger partial charge in [-0.15, -0.1) is 0 Å². The summed E-state index contributed by atoms with van der Waals surface area (Å²) < 4.78 is 26.9. The molecule has 3 aromatic rings. The summed E-state index contributed by atoms with van der Waals surface area (Å²) in [5.41, 5.74) is 2.59. The highest BCUT2D eigenvalue weighted by atomic mass is 19.1. The van der Waals surface area contributed by atoms with Gasteiger partial charge in [0.15, 0.2) is 0 Å². The number of aromatic nitrogens is 1. The van der Waals surface area contributed by atoms with Crippen LogP contribution >= 0.6 is 0 Å².